The molecular formula is C26H26N4O5. The lowest BCUT2D eigenvalue weighted by molar-refractivity contribution is -0.145. The van der Waals surface area contributed by atoms with E-state index in [9.17, 15) is 9.59 Å². The molecule has 2 aromatic carbocycles. The van der Waals surface area contributed by atoms with Gasteiger partial charge < -0.3 is 24.2 Å². The van der Waals surface area contributed by atoms with Gasteiger partial charge in [-0.2, -0.15) is 0 Å². The maximum atomic E-state index is 12.5. The van der Waals surface area contributed by atoms with Crippen LogP contribution < -0.4 is 15.0 Å². The number of rotatable bonds is 8. The van der Waals surface area contributed by atoms with Gasteiger partial charge >= 0.3 is 5.97 Å². The van der Waals surface area contributed by atoms with E-state index >= 15 is 0 Å². The van der Waals surface area contributed by atoms with Crippen molar-refractivity contribution in [2.24, 2.45) is 0 Å². The highest BCUT2D eigenvalue weighted by Crippen LogP contribution is 2.36. The lowest BCUT2D eigenvalue weighted by atomic mass is 10.0. The van der Waals surface area contributed by atoms with E-state index in [2.05, 4.69) is 19.9 Å². The van der Waals surface area contributed by atoms with E-state index < -0.39 is 5.97 Å². The summed E-state index contributed by atoms with van der Waals surface area (Å²) in [6.45, 7) is 1.91. The van der Waals surface area contributed by atoms with Crippen LogP contribution in [0.2, 0.25) is 0 Å². The van der Waals surface area contributed by atoms with Crippen LogP contribution in [0.15, 0.2) is 53.6 Å². The number of aromatic nitrogens is 4. The molecule has 9 heteroatoms. The minimum atomic E-state index is -0.412. The zero-order chi connectivity index (χ0) is 24.2. The van der Waals surface area contributed by atoms with Crippen LogP contribution in [0.5, 0.6) is 11.5 Å². The highest BCUT2D eigenvalue weighted by molar-refractivity contribution is 5.77. The number of carbonyl (C=O) groups excluding carboxylic acids is 1. The SMILES string of the molecule is CCOC(=O)COc1cccc(-c2ccc(-c3nc4nc[nH]c4c(=O)[nH]3)c(OC3CCCC3)c2)c1. The average Bonchev–Trinajstić information content (AvgIpc) is 3.55. The van der Waals surface area contributed by atoms with Crippen LogP contribution in [-0.4, -0.2) is 45.2 Å². The van der Waals surface area contributed by atoms with Gasteiger partial charge in [0.2, 0.25) is 0 Å². The van der Waals surface area contributed by atoms with Gasteiger partial charge in [-0.3, -0.25) is 4.79 Å². The molecule has 0 spiro atoms. The summed E-state index contributed by atoms with van der Waals surface area (Å²) in [7, 11) is 0. The molecule has 1 saturated carbocycles. The highest BCUT2D eigenvalue weighted by Gasteiger charge is 2.20. The largest absolute Gasteiger partial charge is 0.490 e. The first-order valence-electron chi connectivity index (χ1n) is 11.7. The lowest BCUT2D eigenvalue weighted by Crippen LogP contribution is -2.14. The molecule has 5 rings (SSSR count). The van der Waals surface area contributed by atoms with Crippen molar-refractivity contribution < 1.29 is 19.0 Å². The van der Waals surface area contributed by atoms with Crippen molar-refractivity contribution in [1.29, 1.82) is 0 Å². The minimum absolute atomic E-state index is 0.115. The number of hydrogen-bond donors (Lipinski definition) is 2. The van der Waals surface area contributed by atoms with Gasteiger partial charge in [-0.1, -0.05) is 18.2 Å². The smallest absolute Gasteiger partial charge is 0.344 e. The molecule has 0 atom stereocenters. The van der Waals surface area contributed by atoms with E-state index in [1.807, 2.05) is 36.4 Å². The molecule has 180 valence electrons. The molecule has 1 aliphatic carbocycles. The number of nitrogens with one attached hydrogen (secondary N) is 2. The number of nitrogens with zero attached hydrogens (tertiary/aromatic N) is 2. The molecule has 1 fully saturated rings. The standard InChI is InChI=1S/C26H26N4O5/c1-2-33-22(31)14-34-19-9-5-6-16(12-19)17-10-11-20(21(13-17)35-18-7-3-4-8-18)24-29-25-23(26(32)30-24)27-15-28-25/h5-6,9-13,15,18H,2-4,7-8,14H2,1H3,(H2,27,28,29,30,32). The zero-order valence-corrected chi connectivity index (χ0v) is 19.4. The summed E-state index contributed by atoms with van der Waals surface area (Å²) in [6.07, 6.45) is 5.81. The first kappa shape index (κ1) is 22.6. The quantitative estimate of drug-likeness (QED) is 0.367. The molecule has 0 saturated heterocycles. The summed E-state index contributed by atoms with van der Waals surface area (Å²) in [5.41, 5.74) is 2.90. The number of imidazole rings is 1. The first-order chi connectivity index (χ1) is 17.1. The third-order valence-corrected chi connectivity index (χ3v) is 5.96. The number of esters is 1. The van der Waals surface area contributed by atoms with Crippen LogP contribution in [0.1, 0.15) is 32.6 Å². The third-order valence-electron chi connectivity index (χ3n) is 5.96. The number of H-pyrrole nitrogens is 2. The summed E-state index contributed by atoms with van der Waals surface area (Å²) in [5, 5.41) is 0. The Hall–Kier alpha value is -4.14. The predicted molar refractivity (Wildman–Crippen MR) is 130 cm³/mol. The average molecular weight is 475 g/mol. The summed E-state index contributed by atoms with van der Waals surface area (Å²) < 4.78 is 16.9. The van der Waals surface area contributed by atoms with Gasteiger partial charge in [-0.25, -0.2) is 14.8 Å². The monoisotopic (exact) mass is 474 g/mol. The number of ether oxygens (including phenoxy) is 3. The molecule has 4 aromatic rings. The fourth-order valence-electron chi connectivity index (χ4n) is 4.26. The van der Waals surface area contributed by atoms with E-state index in [4.69, 9.17) is 14.2 Å². The van der Waals surface area contributed by atoms with Crippen molar-refractivity contribution in [2.75, 3.05) is 13.2 Å². The fourth-order valence-corrected chi connectivity index (χ4v) is 4.26. The zero-order valence-electron chi connectivity index (χ0n) is 19.4. The minimum Gasteiger partial charge on any atom is -0.490 e. The molecule has 2 aromatic heterocycles. The van der Waals surface area contributed by atoms with Gasteiger partial charge in [0.25, 0.3) is 5.56 Å². The van der Waals surface area contributed by atoms with E-state index in [1.165, 1.54) is 6.33 Å². The summed E-state index contributed by atoms with van der Waals surface area (Å²) in [5.74, 6) is 1.20. The molecule has 1 aliphatic rings. The van der Waals surface area contributed by atoms with Crippen LogP contribution >= 0.6 is 0 Å². The van der Waals surface area contributed by atoms with Crippen molar-refractivity contribution in [2.45, 2.75) is 38.7 Å². The molecule has 0 amide bonds. The number of carbonyl (C=O) groups is 1. The molecule has 0 bridgehead atoms. The predicted octanol–water partition coefficient (Wildman–Crippen LogP) is 4.24. The van der Waals surface area contributed by atoms with Crippen LogP contribution in [0.25, 0.3) is 33.7 Å². The number of hydrogen-bond acceptors (Lipinski definition) is 7. The van der Waals surface area contributed by atoms with E-state index in [0.717, 1.165) is 36.8 Å². The Bertz CT molecular complexity index is 1400. The maximum Gasteiger partial charge on any atom is 0.344 e. The Morgan fingerprint density at radius 3 is 2.77 bits per heavy atom. The Morgan fingerprint density at radius 1 is 1.11 bits per heavy atom. The van der Waals surface area contributed by atoms with Crippen LogP contribution in [0.3, 0.4) is 0 Å². The van der Waals surface area contributed by atoms with Crippen LogP contribution in [0.4, 0.5) is 0 Å². The van der Waals surface area contributed by atoms with Crippen molar-refractivity contribution >= 4 is 17.1 Å². The van der Waals surface area contributed by atoms with E-state index in [1.54, 1.807) is 13.0 Å². The maximum absolute atomic E-state index is 12.5. The number of fused-ring (bicyclic) bond motifs is 1. The lowest BCUT2D eigenvalue weighted by Gasteiger charge is -2.18. The van der Waals surface area contributed by atoms with Crippen LogP contribution in [-0.2, 0) is 9.53 Å². The Morgan fingerprint density at radius 2 is 1.94 bits per heavy atom. The summed E-state index contributed by atoms with van der Waals surface area (Å²) in [4.78, 5) is 38.5. The molecule has 2 heterocycles. The molecule has 35 heavy (non-hydrogen) atoms. The summed E-state index contributed by atoms with van der Waals surface area (Å²) >= 11 is 0. The van der Waals surface area contributed by atoms with Gasteiger partial charge in [-0.05, 0) is 68.0 Å². The van der Waals surface area contributed by atoms with E-state index in [-0.39, 0.29) is 18.3 Å². The van der Waals surface area contributed by atoms with Crippen molar-refractivity contribution in [3.63, 3.8) is 0 Å². The first-order valence-corrected chi connectivity index (χ1v) is 11.7. The Kier molecular flexibility index (Phi) is 6.47. The van der Waals surface area contributed by atoms with Crippen molar-refractivity contribution in [3.05, 3.63) is 59.1 Å². The summed E-state index contributed by atoms with van der Waals surface area (Å²) in [6, 6.07) is 13.3. The van der Waals surface area contributed by atoms with Gasteiger partial charge in [0, 0.05) is 0 Å². The Labute approximate surface area is 201 Å². The second-order valence-corrected chi connectivity index (χ2v) is 8.37. The second-order valence-electron chi connectivity index (χ2n) is 8.37. The number of benzene rings is 2. The van der Waals surface area contributed by atoms with Crippen molar-refractivity contribution in [1.82, 2.24) is 19.9 Å². The van der Waals surface area contributed by atoms with Crippen molar-refractivity contribution in [3.8, 4) is 34.0 Å². The van der Waals surface area contributed by atoms with Gasteiger partial charge in [-0.15, -0.1) is 0 Å². The van der Waals surface area contributed by atoms with Gasteiger partial charge in [0.1, 0.15) is 17.3 Å². The second kappa shape index (κ2) is 10.0. The molecule has 2 N–H and O–H groups in total. The molecule has 0 unspecified atom stereocenters. The highest BCUT2D eigenvalue weighted by atomic mass is 16.6. The molecule has 0 aliphatic heterocycles. The van der Waals surface area contributed by atoms with Gasteiger partial charge in [0.05, 0.1) is 24.6 Å². The normalized spacial score (nSPS) is 13.7. The molecule has 9 nitrogen and oxygen atoms in total. The van der Waals surface area contributed by atoms with Crippen LogP contribution in [0, 0.1) is 0 Å². The topological polar surface area (TPSA) is 119 Å². The number of aromatic amines is 2. The Balaban J connectivity index is 1.49. The van der Waals surface area contributed by atoms with Gasteiger partial charge in [0.15, 0.2) is 17.8 Å². The fraction of sp³-hybridized carbons (Fsp3) is 0.308. The van der Waals surface area contributed by atoms with E-state index in [0.29, 0.717) is 40.7 Å². The molecule has 0 radical (unpaired) electrons. The third kappa shape index (κ3) is 5.03. The molecular weight excluding hydrogens is 448 g/mol.